The lowest BCUT2D eigenvalue weighted by Gasteiger charge is -2.41. The van der Waals surface area contributed by atoms with E-state index in [-0.39, 0.29) is 53.2 Å². The Morgan fingerprint density at radius 2 is 1.95 bits per heavy atom. The maximum Gasteiger partial charge on any atom is 0.387 e. The summed E-state index contributed by atoms with van der Waals surface area (Å²) in [5.41, 5.74) is 2.91. The Balaban J connectivity index is 1.48. The van der Waals surface area contributed by atoms with E-state index in [0.717, 1.165) is 5.69 Å². The van der Waals surface area contributed by atoms with Crippen LogP contribution in [-0.4, -0.2) is 62.5 Å². The van der Waals surface area contributed by atoms with Gasteiger partial charge in [-0.2, -0.15) is 19.1 Å². The number of aromatic nitrogens is 2. The molecular weight excluding hydrogens is 582 g/mol. The second kappa shape index (κ2) is 12.0. The van der Waals surface area contributed by atoms with E-state index in [4.69, 9.17) is 16.7 Å². The van der Waals surface area contributed by atoms with E-state index in [9.17, 15) is 28.4 Å². The minimum Gasteiger partial charge on any atom is -0.435 e. The normalized spacial score (nSPS) is 18.5. The summed E-state index contributed by atoms with van der Waals surface area (Å²) in [5.74, 6) is -0.867. The number of ether oxygens (including phenoxy) is 1. The van der Waals surface area contributed by atoms with Gasteiger partial charge < -0.3 is 19.9 Å². The highest BCUT2D eigenvalue weighted by Crippen LogP contribution is 2.35. The van der Waals surface area contributed by atoms with Crippen LogP contribution < -0.4 is 10.1 Å². The van der Waals surface area contributed by atoms with Gasteiger partial charge in [0, 0.05) is 37.1 Å². The number of carbonyl (C=O) groups excluding carboxylic acids is 3. The molecule has 2 aromatic carbocycles. The molecule has 2 aliphatic heterocycles. The van der Waals surface area contributed by atoms with Crippen molar-refractivity contribution in [1.29, 1.82) is 5.26 Å². The molecule has 3 heterocycles. The maximum atomic E-state index is 14.3. The lowest BCUT2D eigenvalue weighted by molar-refractivity contribution is -0.119. The molecule has 224 valence electrons. The second-order valence-corrected chi connectivity index (χ2v) is 11.1. The third-order valence-electron chi connectivity index (χ3n) is 7.88. The highest BCUT2D eigenvalue weighted by molar-refractivity contribution is 6.31. The van der Waals surface area contributed by atoms with Crippen LogP contribution in [-0.2, 0) is 24.3 Å². The molecule has 1 N–H and O–H groups in total. The van der Waals surface area contributed by atoms with Gasteiger partial charge in [-0.15, -0.1) is 0 Å². The van der Waals surface area contributed by atoms with Gasteiger partial charge in [-0.25, -0.2) is 0 Å². The van der Waals surface area contributed by atoms with Crippen LogP contribution in [0.1, 0.15) is 70.0 Å². The van der Waals surface area contributed by atoms with Gasteiger partial charge in [0.2, 0.25) is 5.91 Å². The van der Waals surface area contributed by atoms with Crippen LogP contribution in [0, 0.1) is 11.3 Å². The first-order chi connectivity index (χ1) is 20.5. The van der Waals surface area contributed by atoms with Gasteiger partial charge in [-0.3, -0.25) is 19.1 Å². The van der Waals surface area contributed by atoms with Crippen molar-refractivity contribution in [3.05, 3.63) is 81.1 Å². The van der Waals surface area contributed by atoms with Gasteiger partial charge in [0.25, 0.3) is 11.8 Å². The van der Waals surface area contributed by atoms with Gasteiger partial charge in [0.05, 0.1) is 41.5 Å². The Hall–Kier alpha value is -4.50. The van der Waals surface area contributed by atoms with Gasteiger partial charge in [-0.1, -0.05) is 23.7 Å². The zero-order chi connectivity index (χ0) is 31.0. The number of amides is 3. The zero-order valence-electron chi connectivity index (χ0n) is 23.7. The molecule has 0 saturated carbocycles. The standard InChI is InChI=1S/C30H29ClF2N6O4/c1-16-10-26-24(15-37(16)28(41)20-6-9-25(31)21(11-20)12-34)27-29(42)39(22(13-35-18(3)40)14-38(27)36-26)17(2)19-4-7-23(8-5-19)43-30(32)33/h4-9,11,16-17,22,30H,10,13-15H2,1-3H3,(H,35,40)/t16-,17?,22?/m1/s1. The number of fused-ring (bicyclic) bond motifs is 3. The van der Waals surface area contributed by atoms with Gasteiger partial charge in [0.15, 0.2) is 0 Å². The van der Waals surface area contributed by atoms with Crippen molar-refractivity contribution < 1.29 is 27.9 Å². The molecule has 3 aromatic rings. The van der Waals surface area contributed by atoms with Crippen LogP contribution in [0.5, 0.6) is 5.75 Å². The molecule has 1 aromatic heterocycles. The summed E-state index contributed by atoms with van der Waals surface area (Å²) in [7, 11) is 0. The van der Waals surface area contributed by atoms with Crippen molar-refractivity contribution in [2.45, 2.75) is 65.0 Å². The molecule has 0 aliphatic carbocycles. The average molecular weight is 611 g/mol. The number of hydrogen-bond donors (Lipinski definition) is 1. The summed E-state index contributed by atoms with van der Waals surface area (Å²) < 4.78 is 31.4. The molecule has 2 unspecified atom stereocenters. The average Bonchev–Trinajstić information content (AvgIpc) is 3.32. The van der Waals surface area contributed by atoms with Gasteiger partial charge >= 0.3 is 6.61 Å². The summed E-state index contributed by atoms with van der Waals surface area (Å²) in [4.78, 5) is 42.9. The summed E-state index contributed by atoms with van der Waals surface area (Å²) in [5, 5.41) is 17.2. The lowest BCUT2D eigenvalue weighted by Crippen LogP contribution is -2.54. The van der Waals surface area contributed by atoms with Gasteiger partial charge in [-0.05, 0) is 49.7 Å². The molecule has 0 bridgehead atoms. The fourth-order valence-electron chi connectivity index (χ4n) is 5.73. The van der Waals surface area contributed by atoms with Crippen molar-refractivity contribution >= 4 is 29.3 Å². The van der Waals surface area contributed by atoms with Crippen molar-refractivity contribution in [3.8, 4) is 11.8 Å². The van der Waals surface area contributed by atoms with E-state index in [0.29, 0.717) is 35.3 Å². The predicted molar refractivity (Wildman–Crippen MR) is 152 cm³/mol. The van der Waals surface area contributed by atoms with E-state index in [1.54, 1.807) is 32.7 Å². The number of benzene rings is 2. The van der Waals surface area contributed by atoms with E-state index < -0.39 is 18.7 Å². The molecule has 0 fully saturated rings. The summed E-state index contributed by atoms with van der Waals surface area (Å²) >= 11 is 6.07. The van der Waals surface area contributed by atoms with Crippen LogP contribution >= 0.6 is 11.6 Å². The Labute approximate surface area is 251 Å². The first-order valence-corrected chi connectivity index (χ1v) is 14.1. The number of nitriles is 1. The van der Waals surface area contributed by atoms with E-state index in [1.807, 2.05) is 19.9 Å². The topological polar surface area (TPSA) is 121 Å². The Morgan fingerprint density at radius 1 is 1.23 bits per heavy atom. The van der Waals surface area contributed by atoms with Crippen LogP contribution in [0.3, 0.4) is 0 Å². The van der Waals surface area contributed by atoms with Crippen LogP contribution in [0.25, 0.3) is 0 Å². The Bertz CT molecular complexity index is 1620. The third kappa shape index (κ3) is 5.90. The number of carbonyl (C=O) groups is 3. The quantitative estimate of drug-likeness (QED) is 0.425. The lowest BCUT2D eigenvalue weighted by atomic mass is 9.96. The molecular formula is C30H29ClF2N6O4. The molecule has 0 spiro atoms. The smallest absolute Gasteiger partial charge is 0.387 e. The molecule has 3 amide bonds. The highest BCUT2D eigenvalue weighted by Gasteiger charge is 2.42. The number of nitrogens with one attached hydrogen (secondary N) is 1. The highest BCUT2D eigenvalue weighted by atomic mass is 35.5. The summed E-state index contributed by atoms with van der Waals surface area (Å²) in [6.07, 6.45) is 0.421. The molecule has 10 nitrogen and oxygen atoms in total. The number of alkyl halides is 2. The summed E-state index contributed by atoms with van der Waals surface area (Å²) in [6.45, 7) is 2.78. The van der Waals surface area contributed by atoms with Crippen molar-refractivity contribution in [1.82, 2.24) is 24.9 Å². The minimum atomic E-state index is -2.96. The molecule has 5 rings (SSSR count). The zero-order valence-corrected chi connectivity index (χ0v) is 24.4. The predicted octanol–water partition coefficient (Wildman–Crippen LogP) is 4.32. The Kier molecular flexibility index (Phi) is 8.37. The van der Waals surface area contributed by atoms with Crippen molar-refractivity contribution in [2.24, 2.45) is 0 Å². The fourth-order valence-corrected chi connectivity index (χ4v) is 5.89. The summed E-state index contributed by atoms with van der Waals surface area (Å²) in [6, 6.07) is 11.4. The van der Waals surface area contributed by atoms with E-state index in [1.165, 1.54) is 31.2 Å². The number of rotatable bonds is 7. The molecule has 13 heteroatoms. The first-order valence-electron chi connectivity index (χ1n) is 13.7. The fraction of sp³-hybridized carbons (Fsp3) is 0.367. The third-order valence-corrected chi connectivity index (χ3v) is 8.21. The Morgan fingerprint density at radius 3 is 2.60 bits per heavy atom. The van der Waals surface area contributed by atoms with Crippen LogP contribution in [0.2, 0.25) is 5.02 Å². The SMILES string of the molecule is CC(=O)NCC1Cn2nc3c(c2C(=O)N1C(C)c1ccc(OC(F)F)cc1)CN(C(=O)c1ccc(Cl)c(C#N)c1)[C@H](C)C3. The van der Waals surface area contributed by atoms with Crippen LogP contribution in [0.15, 0.2) is 42.5 Å². The van der Waals surface area contributed by atoms with Crippen molar-refractivity contribution in [3.63, 3.8) is 0 Å². The van der Waals surface area contributed by atoms with E-state index in [2.05, 4.69) is 10.1 Å². The first kappa shape index (κ1) is 30.0. The number of halogens is 3. The largest absolute Gasteiger partial charge is 0.435 e. The second-order valence-electron chi connectivity index (χ2n) is 10.7. The van der Waals surface area contributed by atoms with E-state index >= 15 is 0 Å². The monoisotopic (exact) mass is 610 g/mol. The van der Waals surface area contributed by atoms with Crippen molar-refractivity contribution in [2.75, 3.05) is 6.54 Å². The molecule has 0 radical (unpaired) electrons. The number of nitrogens with zero attached hydrogens (tertiary/aromatic N) is 5. The van der Waals surface area contributed by atoms with Gasteiger partial charge in [0.1, 0.15) is 17.5 Å². The minimum absolute atomic E-state index is 0.000630. The maximum absolute atomic E-state index is 14.3. The van der Waals surface area contributed by atoms with Crippen LogP contribution in [0.4, 0.5) is 8.78 Å². The number of hydrogen-bond acceptors (Lipinski definition) is 6. The molecule has 2 aliphatic rings. The molecule has 0 saturated heterocycles. The molecule has 3 atom stereocenters. The molecule has 43 heavy (non-hydrogen) atoms.